The quantitative estimate of drug-likeness (QED) is 0.642. The van der Waals surface area contributed by atoms with Gasteiger partial charge in [-0.2, -0.15) is 0 Å². The lowest BCUT2D eigenvalue weighted by molar-refractivity contribution is -0.231. The molecule has 24 heavy (non-hydrogen) atoms. The van der Waals surface area contributed by atoms with Crippen LogP contribution in [-0.2, 0) is 11.2 Å². The molecule has 5 atom stereocenters. The Bertz CT molecular complexity index is 672. The van der Waals surface area contributed by atoms with Crippen molar-refractivity contribution in [2.75, 3.05) is 6.61 Å². The summed E-state index contributed by atoms with van der Waals surface area (Å²) >= 11 is 1.39. The fraction of sp³-hybridized carbons (Fsp3) is 0.471. The molecule has 0 spiro atoms. The van der Waals surface area contributed by atoms with E-state index in [0.717, 1.165) is 16.9 Å². The smallest absolute Gasteiger partial charge is 0.138 e. The molecular weight excluding hydrogens is 330 g/mol. The van der Waals surface area contributed by atoms with Gasteiger partial charge in [0.25, 0.3) is 0 Å². The van der Waals surface area contributed by atoms with Gasteiger partial charge in [-0.05, 0) is 12.5 Å². The van der Waals surface area contributed by atoms with Crippen LogP contribution in [0.3, 0.4) is 0 Å². The van der Waals surface area contributed by atoms with Crippen LogP contribution < -0.4 is 0 Å². The van der Waals surface area contributed by atoms with Gasteiger partial charge in [-0.25, -0.2) is 4.98 Å². The SMILES string of the molecule is Cc1ccc(Cc2cnc([C@@H]3O[C@H](CO)[C@@H](O)[C@H](O)[C@H]3O)s2)cc1. The first-order valence-corrected chi connectivity index (χ1v) is 8.62. The van der Waals surface area contributed by atoms with E-state index in [0.29, 0.717) is 5.01 Å². The highest BCUT2D eigenvalue weighted by molar-refractivity contribution is 7.11. The second-order valence-corrected chi connectivity index (χ2v) is 7.22. The molecule has 1 aromatic carbocycles. The second kappa shape index (κ2) is 7.26. The summed E-state index contributed by atoms with van der Waals surface area (Å²) in [5, 5.41) is 39.7. The van der Waals surface area contributed by atoms with Crippen LogP contribution in [0.15, 0.2) is 30.5 Å². The lowest BCUT2D eigenvalue weighted by Crippen LogP contribution is -2.55. The van der Waals surface area contributed by atoms with Gasteiger partial charge in [0.1, 0.15) is 35.5 Å². The van der Waals surface area contributed by atoms with Crippen LogP contribution in [0.5, 0.6) is 0 Å². The topological polar surface area (TPSA) is 103 Å². The third-order valence-electron chi connectivity index (χ3n) is 4.21. The fourth-order valence-corrected chi connectivity index (χ4v) is 3.78. The number of aliphatic hydroxyl groups is 4. The molecule has 0 saturated carbocycles. The minimum atomic E-state index is -1.38. The average Bonchev–Trinajstić information content (AvgIpc) is 3.03. The maximum absolute atomic E-state index is 10.2. The number of nitrogens with zero attached hydrogens (tertiary/aromatic N) is 1. The van der Waals surface area contributed by atoms with Crippen molar-refractivity contribution in [1.82, 2.24) is 4.98 Å². The number of thiazole rings is 1. The molecule has 1 aliphatic rings. The molecule has 1 saturated heterocycles. The van der Waals surface area contributed by atoms with Crippen LogP contribution in [-0.4, -0.2) is 56.4 Å². The van der Waals surface area contributed by atoms with Gasteiger partial charge in [-0.1, -0.05) is 29.8 Å². The minimum Gasteiger partial charge on any atom is -0.394 e. The number of aromatic nitrogens is 1. The zero-order chi connectivity index (χ0) is 17.3. The van der Waals surface area contributed by atoms with Crippen LogP contribution >= 0.6 is 11.3 Å². The molecule has 6 nitrogen and oxygen atoms in total. The number of hydrogen-bond acceptors (Lipinski definition) is 7. The highest BCUT2D eigenvalue weighted by Gasteiger charge is 2.45. The zero-order valence-corrected chi connectivity index (χ0v) is 14.1. The maximum Gasteiger partial charge on any atom is 0.138 e. The molecule has 0 unspecified atom stereocenters. The number of rotatable bonds is 4. The summed E-state index contributed by atoms with van der Waals surface area (Å²) in [4.78, 5) is 5.30. The van der Waals surface area contributed by atoms with Crippen LogP contribution in [0.1, 0.15) is 27.1 Å². The van der Waals surface area contributed by atoms with Gasteiger partial charge in [-0.15, -0.1) is 11.3 Å². The van der Waals surface area contributed by atoms with E-state index in [9.17, 15) is 20.4 Å². The number of hydrogen-bond donors (Lipinski definition) is 4. The Kier molecular flexibility index (Phi) is 5.29. The Morgan fingerprint density at radius 2 is 1.79 bits per heavy atom. The number of aliphatic hydroxyl groups excluding tert-OH is 4. The first kappa shape index (κ1) is 17.5. The third kappa shape index (κ3) is 3.51. The molecular formula is C17H21NO5S. The van der Waals surface area contributed by atoms with Crippen molar-refractivity contribution in [3.63, 3.8) is 0 Å². The Morgan fingerprint density at radius 1 is 1.08 bits per heavy atom. The van der Waals surface area contributed by atoms with Gasteiger partial charge in [0.05, 0.1) is 6.61 Å². The molecule has 2 aromatic rings. The summed E-state index contributed by atoms with van der Waals surface area (Å²) in [6.07, 6.45) is -3.37. The van der Waals surface area contributed by atoms with E-state index in [4.69, 9.17) is 4.74 Å². The second-order valence-electron chi connectivity index (χ2n) is 6.08. The Morgan fingerprint density at radius 3 is 2.46 bits per heavy atom. The number of ether oxygens (including phenoxy) is 1. The van der Waals surface area contributed by atoms with Gasteiger partial charge in [0, 0.05) is 17.5 Å². The molecule has 0 amide bonds. The largest absolute Gasteiger partial charge is 0.394 e. The Hall–Kier alpha value is -1.35. The number of benzene rings is 1. The van der Waals surface area contributed by atoms with Crippen LogP contribution in [0, 0.1) is 6.92 Å². The molecule has 7 heteroatoms. The van der Waals surface area contributed by atoms with E-state index in [1.165, 1.54) is 16.9 Å². The van der Waals surface area contributed by atoms with Gasteiger partial charge in [-0.3, -0.25) is 0 Å². The molecule has 1 aliphatic heterocycles. The standard InChI is InChI=1S/C17H21NO5S/c1-9-2-4-10(5-3-9)6-11-7-18-17(24-11)16-15(22)14(21)13(20)12(8-19)23-16/h2-5,7,12-16,19-22H,6,8H2,1H3/t12-,13-,14+,15-,16-/m1/s1. The third-order valence-corrected chi connectivity index (χ3v) is 5.26. The maximum atomic E-state index is 10.2. The van der Waals surface area contributed by atoms with E-state index in [2.05, 4.69) is 29.2 Å². The molecule has 4 N–H and O–H groups in total. The summed E-state index contributed by atoms with van der Waals surface area (Å²) in [5.41, 5.74) is 2.36. The van der Waals surface area contributed by atoms with Crippen LogP contribution in [0.4, 0.5) is 0 Å². The monoisotopic (exact) mass is 351 g/mol. The molecule has 1 aromatic heterocycles. The summed E-state index contributed by atoms with van der Waals surface area (Å²) in [6, 6.07) is 8.22. The van der Waals surface area contributed by atoms with E-state index in [-0.39, 0.29) is 0 Å². The van der Waals surface area contributed by atoms with Crippen molar-refractivity contribution in [2.24, 2.45) is 0 Å². The van der Waals surface area contributed by atoms with Crippen LogP contribution in [0.25, 0.3) is 0 Å². The average molecular weight is 351 g/mol. The van der Waals surface area contributed by atoms with E-state index in [1.54, 1.807) is 6.20 Å². The first-order chi connectivity index (χ1) is 11.5. The highest BCUT2D eigenvalue weighted by atomic mass is 32.1. The minimum absolute atomic E-state index is 0.441. The van der Waals surface area contributed by atoms with Crippen molar-refractivity contribution >= 4 is 11.3 Å². The molecule has 0 aliphatic carbocycles. The Labute approximate surface area is 144 Å². The van der Waals surface area contributed by atoms with E-state index in [1.807, 2.05) is 6.92 Å². The summed E-state index contributed by atoms with van der Waals surface area (Å²) in [5.74, 6) is 0. The predicted octanol–water partition coefficient (Wildman–Crippen LogP) is 0.557. The summed E-state index contributed by atoms with van der Waals surface area (Å²) in [7, 11) is 0. The lowest BCUT2D eigenvalue weighted by atomic mass is 9.95. The van der Waals surface area contributed by atoms with Crippen LogP contribution in [0.2, 0.25) is 0 Å². The molecule has 3 rings (SSSR count). The zero-order valence-electron chi connectivity index (χ0n) is 13.2. The van der Waals surface area contributed by atoms with Gasteiger partial charge >= 0.3 is 0 Å². The van der Waals surface area contributed by atoms with Gasteiger partial charge < -0.3 is 25.2 Å². The first-order valence-electron chi connectivity index (χ1n) is 7.80. The molecule has 0 bridgehead atoms. The normalized spacial score (nSPS) is 30.5. The predicted molar refractivity (Wildman–Crippen MR) is 88.8 cm³/mol. The lowest BCUT2D eigenvalue weighted by Gasteiger charge is -2.39. The van der Waals surface area contributed by atoms with Gasteiger partial charge in [0.15, 0.2) is 0 Å². The highest BCUT2D eigenvalue weighted by Crippen LogP contribution is 2.34. The van der Waals surface area contributed by atoms with Crippen molar-refractivity contribution in [3.05, 3.63) is 51.5 Å². The van der Waals surface area contributed by atoms with Gasteiger partial charge in [0.2, 0.25) is 0 Å². The molecule has 0 radical (unpaired) electrons. The fourth-order valence-electron chi connectivity index (χ4n) is 2.75. The Balaban J connectivity index is 1.75. The van der Waals surface area contributed by atoms with E-state index < -0.39 is 37.1 Å². The van der Waals surface area contributed by atoms with Crippen molar-refractivity contribution in [3.8, 4) is 0 Å². The molecule has 130 valence electrons. The van der Waals surface area contributed by atoms with Crippen molar-refractivity contribution < 1.29 is 25.2 Å². The van der Waals surface area contributed by atoms with Crippen molar-refractivity contribution in [1.29, 1.82) is 0 Å². The summed E-state index contributed by atoms with van der Waals surface area (Å²) in [6.45, 7) is 1.59. The molecule has 1 fully saturated rings. The number of aryl methyl sites for hydroxylation is 1. The molecule has 2 heterocycles. The summed E-state index contributed by atoms with van der Waals surface area (Å²) < 4.78 is 5.53. The van der Waals surface area contributed by atoms with E-state index >= 15 is 0 Å². The van der Waals surface area contributed by atoms with Crippen molar-refractivity contribution in [2.45, 2.75) is 43.9 Å².